The predicted octanol–water partition coefficient (Wildman–Crippen LogP) is 3.89. The lowest BCUT2D eigenvalue weighted by Crippen LogP contribution is -2.46. The number of hydrogen-bond donors (Lipinski definition) is 5. The Morgan fingerprint density at radius 3 is 2.37 bits per heavy atom. The molecule has 0 radical (unpaired) electrons. The zero-order chi connectivity index (χ0) is 29.9. The van der Waals surface area contributed by atoms with Gasteiger partial charge in [-0.15, -0.1) is 11.3 Å². The lowest BCUT2D eigenvalue weighted by atomic mass is 10.0. The van der Waals surface area contributed by atoms with Gasteiger partial charge in [0, 0.05) is 23.0 Å². The molecule has 3 rings (SSSR count). The number of aliphatic hydroxyl groups excluding tert-OH is 5. The summed E-state index contributed by atoms with van der Waals surface area (Å²) in [5.41, 5.74) is 1.73. The molecule has 0 unspecified atom stereocenters. The van der Waals surface area contributed by atoms with Crippen molar-refractivity contribution >= 4 is 28.9 Å². The van der Waals surface area contributed by atoms with Crippen LogP contribution in [0.4, 0.5) is 5.69 Å². The van der Waals surface area contributed by atoms with Crippen molar-refractivity contribution in [1.29, 1.82) is 0 Å². The second kappa shape index (κ2) is 16.3. The number of hydrogen-bond acceptors (Lipinski definition) is 9. The zero-order valence-corrected chi connectivity index (χ0v) is 24.8. The molecule has 1 amide bonds. The first kappa shape index (κ1) is 33.2. The van der Waals surface area contributed by atoms with Crippen molar-refractivity contribution in [3.8, 4) is 0 Å². The summed E-state index contributed by atoms with van der Waals surface area (Å²) in [5, 5.41) is 49.9. The van der Waals surface area contributed by atoms with E-state index in [4.69, 9.17) is 4.74 Å². The second-order valence-corrected chi connectivity index (χ2v) is 12.0. The maximum absolute atomic E-state index is 12.7. The maximum Gasteiger partial charge on any atom is 0.348 e. The van der Waals surface area contributed by atoms with Crippen LogP contribution in [0.15, 0.2) is 36.4 Å². The van der Waals surface area contributed by atoms with Crippen molar-refractivity contribution < 1.29 is 39.9 Å². The summed E-state index contributed by atoms with van der Waals surface area (Å²) in [6.45, 7) is 3.26. The van der Waals surface area contributed by atoms with E-state index in [1.807, 2.05) is 35.2 Å². The van der Waals surface area contributed by atoms with Gasteiger partial charge < -0.3 is 35.2 Å². The van der Waals surface area contributed by atoms with Crippen LogP contribution in [0, 0.1) is 0 Å². The molecule has 0 aliphatic carbocycles. The van der Waals surface area contributed by atoms with Crippen LogP contribution in [0.1, 0.15) is 97.9 Å². The predicted molar refractivity (Wildman–Crippen MR) is 158 cm³/mol. The van der Waals surface area contributed by atoms with Gasteiger partial charge in [0.15, 0.2) is 0 Å². The molecule has 0 spiro atoms. The quantitative estimate of drug-likeness (QED) is 0.138. The van der Waals surface area contributed by atoms with Gasteiger partial charge in [-0.1, -0.05) is 45.2 Å². The summed E-state index contributed by atoms with van der Waals surface area (Å²) in [5.74, 6) is -0.527. The SMILES string of the molecule is CCCCC[C@H](O)c1ccc(N2C(=O)CC[C@@H]2CCCc2ccc(C(=O)OC[C@H](O)[C@@H](O)[C@@H](O)[C@H](O)CC)s2)cc1. The van der Waals surface area contributed by atoms with Crippen LogP contribution in [-0.4, -0.2) is 74.5 Å². The topological polar surface area (TPSA) is 148 Å². The normalized spacial score (nSPS) is 19.1. The van der Waals surface area contributed by atoms with Crippen LogP contribution in [-0.2, 0) is 16.0 Å². The second-order valence-electron chi connectivity index (χ2n) is 10.8. The van der Waals surface area contributed by atoms with Gasteiger partial charge in [-0.3, -0.25) is 4.79 Å². The molecule has 1 fully saturated rings. The molecule has 1 aromatic heterocycles. The molecule has 2 heterocycles. The van der Waals surface area contributed by atoms with Gasteiger partial charge in [-0.2, -0.15) is 0 Å². The number of rotatable bonds is 17. The fraction of sp³-hybridized carbons (Fsp3) is 0.613. The average molecular weight is 592 g/mol. The first-order chi connectivity index (χ1) is 19.7. The number of carbonyl (C=O) groups is 2. The highest BCUT2D eigenvalue weighted by atomic mass is 32.1. The Hall–Kier alpha value is -2.34. The number of nitrogens with zero attached hydrogens (tertiary/aromatic N) is 1. The fourth-order valence-electron chi connectivity index (χ4n) is 5.14. The molecule has 5 N–H and O–H groups in total. The minimum atomic E-state index is -1.64. The van der Waals surface area contributed by atoms with E-state index in [0.29, 0.717) is 11.3 Å². The number of unbranched alkanes of at least 4 members (excludes halogenated alkanes) is 2. The largest absolute Gasteiger partial charge is 0.459 e. The third kappa shape index (κ3) is 9.33. The molecule has 1 aromatic carbocycles. The Kier molecular flexibility index (Phi) is 13.2. The molecule has 0 bridgehead atoms. The number of aliphatic hydroxyl groups is 5. The van der Waals surface area contributed by atoms with Gasteiger partial charge in [0.05, 0.1) is 12.2 Å². The molecular formula is C31H45NO8S. The van der Waals surface area contributed by atoms with E-state index >= 15 is 0 Å². The molecule has 1 aliphatic heterocycles. The summed E-state index contributed by atoms with van der Waals surface area (Å²) in [4.78, 5) is 28.4. The van der Waals surface area contributed by atoms with Crippen molar-refractivity contribution in [3.05, 3.63) is 51.7 Å². The number of esters is 1. The monoisotopic (exact) mass is 591 g/mol. The standard InChI is InChI=1S/C31H45NO8S/c1-3-5-6-10-25(34)20-11-13-22(14-12-20)32-21(15-18-28(32)36)8-7-9-23-16-17-27(41-23)31(39)40-19-26(35)30(38)29(37)24(33)4-2/h11-14,16-17,21,24-26,29-30,33-35,37-38H,3-10,15,18-19H2,1-2H3/t21-,24+,25-,26-,29-,30+/m0/s1. The molecular weight excluding hydrogens is 546 g/mol. The van der Waals surface area contributed by atoms with E-state index in [-0.39, 0.29) is 18.4 Å². The highest BCUT2D eigenvalue weighted by Crippen LogP contribution is 2.31. The minimum absolute atomic E-state index is 0.0988. The minimum Gasteiger partial charge on any atom is -0.459 e. The lowest BCUT2D eigenvalue weighted by Gasteiger charge is -2.25. The van der Waals surface area contributed by atoms with E-state index in [9.17, 15) is 35.1 Å². The lowest BCUT2D eigenvalue weighted by molar-refractivity contribution is -0.117. The van der Waals surface area contributed by atoms with Gasteiger partial charge in [-0.05, 0) is 68.4 Å². The van der Waals surface area contributed by atoms with Crippen molar-refractivity contribution in [3.63, 3.8) is 0 Å². The summed E-state index contributed by atoms with van der Waals surface area (Å²) < 4.78 is 5.10. The van der Waals surface area contributed by atoms with E-state index in [0.717, 1.165) is 67.5 Å². The Bertz CT molecular complexity index is 1090. The maximum atomic E-state index is 12.7. The zero-order valence-electron chi connectivity index (χ0n) is 24.0. The summed E-state index contributed by atoms with van der Waals surface area (Å²) in [6, 6.07) is 11.3. The number of amides is 1. The van der Waals surface area contributed by atoms with Gasteiger partial charge >= 0.3 is 5.97 Å². The van der Waals surface area contributed by atoms with Crippen LogP contribution < -0.4 is 4.90 Å². The molecule has 9 nitrogen and oxygen atoms in total. The number of aryl methyl sites for hydroxylation is 1. The Morgan fingerprint density at radius 1 is 0.976 bits per heavy atom. The molecule has 1 saturated heterocycles. The first-order valence-electron chi connectivity index (χ1n) is 14.7. The van der Waals surface area contributed by atoms with Crippen molar-refractivity contribution in [2.45, 2.75) is 115 Å². The van der Waals surface area contributed by atoms with Gasteiger partial charge in [-0.25, -0.2) is 4.79 Å². The van der Waals surface area contributed by atoms with E-state index in [1.165, 1.54) is 11.3 Å². The van der Waals surface area contributed by atoms with Crippen molar-refractivity contribution in [1.82, 2.24) is 0 Å². The molecule has 10 heteroatoms. The smallest absolute Gasteiger partial charge is 0.348 e. The van der Waals surface area contributed by atoms with Crippen LogP contribution in [0.25, 0.3) is 0 Å². The number of ether oxygens (including phenoxy) is 1. The van der Waals surface area contributed by atoms with Crippen LogP contribution in [0.3, 0.4) is 0 Å². The van der Waals surface area contributed by atoms with Gasteiger partial charge in [0.2, 0.25) is 5.91 Å². The number of carbonyl (C=O) groups excluding carboxylic acids is 2. The molecule has 2 aromatic rings. The highest BCUT2D eigenvalue weighted by Gasteiger charge is 2.32. The molecule has 1 aliphatic rings. The summed E-state index contributed by atoms with van der Waals surface area (Å²) in [7, 11) is 0. The van der Waals surface area contributed by atoms with E-state index in [2.05, 4.69) is 6.92 Å². The summed E-state index contributed by atoms with van der Waals surface area (Å²) in [6.07, 6.45) is 1.44. The van der Waals surface area contributed by atoms with Crippen molar-refractivity contribution in [2.75, 3.05) is 11.5 Å². The van der Waals surface area contributed by atoms with Gasteiger partial charge in [0.1, 0.15) is 29.8 Å². The van der Waals surface area contributed by atoms with E-state index < -0.39 is 43.1 Å². The average Bonchev–Trinajstić information content (AvgIpc) is 3.61. The number of anilines is 1. The highest BCUT2D eigenvalue weighted by molar-refractivity contribution is 7.13. The Labute approximate surface area is 246 Å². The van der Waals surface area contributed by atoms with Gasteiger partial charge in [0.25, 0.3) is 0 Å². The Morgan fingerprint density at radius 2 is 1.68 bits per heavy atom. The van der Waals surface area contributed by atoms with Crippen LogP contribution in [0.5, 0.6) is 0 Å². The number of thiophene rings is 1. The van der Waals surface area contributed by atoms with E-state index in [1.54, 1.807) is 13.0 Å². The Balaban J connectivity index is 1.47. The first-order valence-corrected chi connectivity index (χ1v) is 15.6. The molecule has 0 saturated carbocycles. The summed E-state index contributed by atoms with van der Waals surface area (Å²) >= 11 is 1.29. The molecule has 41 heavy (non-hydrogen) atoms. The third-order valence-corrected chi connectivity index (χ3v) is 8.85. The fourth-order valence-corrected chi connectivity index (χ4v) is 6.09. The van der Waals surface area contributed by atoms with Crippen LogP contribution >= 0.6 is 11.3 Å². The number of benzene rings is 1. The van der Waals surface area contributed by atoms with Crippen molar-refractivity contribution in [2.24, 2.45) is 0 Å². The molecule has 228 valence electrons. The third-order valence-electron chi connectivity index (χ3n) is 7.73. The molecule has 6 atom stereocenters. The van der Waals surface area contributed by atoms with Crippen LogP contribution in [0.2, 0.25) is 0 Å².